The van der Waals surface area contributed by atoms with Crippen LogP contribution >= 0.6 is 0 Å². The molecule has 7 heteroatoms. The number of carbonyl (C=O) groups is 1. The van der Waals surface area contributed by atoms with Gasteiger partial charge in [-0.05, 0) is 31.5 Å². The van der Waals surface area contributed by atoms with E-state index in [1.165, 1.54) is 0 Å². The van der Waals surface area contributed by atoms with Crippen molar-refractivity contribution < 1.29 is 4.79 Å². The normalized spacial score (nSPS) is 20.8. The van der Waals surface area contributed by atoms with Crippen LogP contribution in [0, 0.1) is 0 Å². The highest BCUT2D eigenvalue weighted by Crippen LogP contribution is 2.24. The van der Waals surface area contributed by atoms with Crippen LogP contribution in [-0.4, -0.2) is 31.1 Å². The molecule has 25 heavy (non-hydrogen) atoms. The van der Waals surface area contributed by atoms with Crippen LogP contribution in [0.5, 0.6) is 0 Å². The lowest BCUT2D eigenvalue weighted by molar-refractivity contribution is -0.124. The fraction of sp³-hybridized carbons (Fsp3) is 0.389. The zero-order chi connectivity index (χ0) is 17.2. The van der Waals surface area contributed by atoms with Crippen molar-refractivity contribution in [3.63, 3.8) is 0 Å². The first-order valence-electron chi connectivity index (χ1n) is 8.71. The van der Waals surface area contributed by atoms with E-state index in [4.69, 9.17) is 0 Å². The van der Waals surface area contributed by atoms with Crippen molar-refractivity contribution >= 4 is 11.6 Å². The summed E-state index contributed by atoms with van der Waals surface area (Å²) in [5.74, 6) is 0.0969. The molecule has 0 bridgehead atoms. The number of hydrogen-bond acceptors (Lipinski definition) is 4. The summed E-state index contributed by atoms with van der Waals surface area (Å²) < 4.78 is 3.96. The molecule has 2 unspecified atom stereocenters. The van der Waals surface area contributed by atoms with Crippen molar-refractivity contribution in [3.05, 3.63) is 54.2 Å². The molecule has 7 nitrogen and oxygen atoms in total. The van der Waals surface area contributed by atoms with Gasteiger partial charge in [0.25, 0.3) is 0 Å². The number of fused-ring (bicyclic) bond motifs is 1. The molecule has 1 fully saturated rings. The highest BCUT2D eigenvalue weighted by molar-refractivity contribution is 5.77. The number of amides is 1. The van der Waals surface area contributed by atoms with Gasteiger partial charge in [0.1, 0.15) is 5.65 Å². The van der Waals surface area contributed by atoms with Crippen molar-refractivity contribution in [2.45, 2.75) is 44.9 Å². The maximum atomic E-state index is 11.9. The van der Waals surface area contributed by atoms with Crippen molar-refractivity contribution in [2.75, 3.05) is 0 Å². The highest BCUT2D eigenvalue weighted by atomic mass is 16.1. The van der Waals surface area contributed by atoms with Gasteiger partial charge in [0, 0.05) is 44.1 Å². The second kappa shape index (κ2) is 6.68. The third-order valence-electron chi connectivity index (χ3n) is 4.73. The monoisotopic (exact) mass is 338 g/mol. The molecule has 4 heterocycles. The summed E-state index contributed by atoms with van der Waals surface area (Å²) in [4.78, 5) is 16.6. The molecule has 2 atom stereocenters. The Morgan fingerprint density at radius 2 is 2.28 bits per heavy atom. The predicted octanol–water partition coefficient (Wildman–Crippen LogP) is 1.66. The van der Waals surface area contributed by atoms with E-state index < -0.39 is 0 Å². The van der Waals surface area contributed by atoms with E-state index in [0.29, 0.717) is 13.0 Å². The number of aromatic nitrogens is 4. The Bertz CT molecular complexity index is 849. The van der Waals surface area contributed by atoms with Gasteiger partial charge in [-0.3, -0.25) is 9.48 Å². The minimum Gasteiger partial charge on any atom is -0.346 e. The van der Waals surface area contributed by atoms with E-state index in [2.05, 4.69) is 27.6 Å². The summed E-state index contributed by atoms with van der Waals surface area (Å²) >= 11 is 0. The summed E-state index contributed by atoms with van der Waals surface area (Å²) in [6.45, 7) is 3.51. The third kappa shape index (κ3) is 3.15. The van der Waals surface area contributed by atoms with Crippen LogP contribution in [-0.2, 0) is 17.9 Å². The molecular weight excluding hydrogens is 316 g/mol. The Morgan fingerprint density at radius 1 is 1.36 bits per heavy atom. The first kappa shape index (κ1) is 15.8. The Hall–Kier alpha value is -2.67. The summed E-state index contributed by atoms with van der Waals surface area (Å²) in [6, 6.07) is 8.04. The molecule has 1 amide bonds. The number of nitrogens with zero attached hydrogens (tertiary/aromatic N) is 4. The first-order chi connectivity index (χ1) is 12.2. The molecule has 0 spiro atoms. The molecule has 1 saturated heterocycles. The van der Waals surface area contributed by atoms with Crippen molar-refractivity contribution in [3.8, 4) is 0 Å². The number of piperidine rings is 1. The summed E-state index contributed by atoms with van der Waals surface area (Å²) in [5.41, 5.74) is 2.98. The van der Waals surface area contributed by atoms with Gasteiger partial charge < -0.3 is 15.0 Å². The molecule has 0 saturated carbocycles. The SMILES string of the molecule is CCn1nccc1C1NC(=O)CCC1NCc1cn2ccccc2n1. The largest absolute Gasteiger partial charge is 0.346 e. The minimum absolute atomic E-state index is 0.0688. The van der Waals surface area contributed by atoms with Gasteiger partial charge in [0.2, 0.25) is 5.91 Å². The Kier molecular flexibility index (Phi) is 4.23. The Labute approximate surface area is 146 Å². The van der Waals surface area contributed by atoms with Gasteiger partial charge in [-0.2, -0.15) is 5.10 Å². The van der Waals surface area contributed by atoms with Crippen molar-refractivity contribution in [2.24, 2.45) is 0 Å². The first-order valence-corrected chi connectivity index (χ1v) is 8.71. The van der Waals surface area contributed by atoms with Crippen LogP contribution in [0.2, 0.25) is 0 Å². The zero-order valence-electron chi connectivity index (χ0n) is 14.2. The maximum Gasteiger partial charge on any atom is 0.220 e. The van der Waals surface area contributed by atoms with Crippen LogP contribution < -0.4 is 10.6 Å². The summed E-state index contributed by atoms with van der Waals surface area (Å²) in [7, 11) is 0. The third-order valence-corrected chi connectivity index (χ3v) is 4.73. The number of nitrogens with one attached hydrogen (secondary N) is 2. The molecule has 0 radical (unpaired) electrons. The molecule has 4 rings (SSSR count). The molecule has 2 N–H and O–H groups in total. The smallest absolute Gasteiger partial charge is 0.220 e. The van der Waals surface area contributed by atoms with Crippen LogP contribution in [0.4, 0.5) is 0 Å². The van der Waals surface area contributed by atoms with E-state index in [-0.39, 0.29) is 18.0 Å². The van der Waals surface area contributed by atoms with Crippen LogP contribution in [0.3, 0.4) is 0 Å². The predicted molar refractivity (Wildman–Crippen MR) is 93.8 cm³/mol. The number of carbonyl (C=O) groups excluding carboxylic acids is 1. The molecule has 1 aliphatic rings. The average molecular weight is 338 g/mol. The van der Waals surface area contributed by atoms with Gasteiger partial charge in [0.15, 0.2) is 0 Å². The van der Waals surface area contributed by atoms with Gasteiger partial charge in [-0.15, -0.1) is 0 Å². The molecule has 3 aromatic rings. The quantitative estimate of drug-likeness (QED) is 0.742. The minimum atomic E-state index is -0.0688. The molecule has 3 aromatic heterocycles. The van der Waals surface area contributed by atoms with Gasteiger partial charge >= 0.3 is 0 Å². The average Bonchev–Trinajstić information content (AvgIpc) is 3.26. The fourth-order valence-electron chi connectivity index (χ4n) is 3.48. The lowest BCUT2D eigenvalue weighted by Crippen LogP contribution is -2.48. The van der Waals surface area contributed by atoms with Gasteiger partial charge in [-0.1, -0.05) is 6.07 Å². The summed E-state index contributed by atoms with van der Waals surface area (Å²) in [6.07, 6.45) is 7.17. The lowest BCUT2D eigenvalue weighted by atomic mass is 9.95. The standard InChI is InChI=1S/C18H22N6O/c1-2-24-15(8-9-20-24)18-14(6-7-17(25)22-18)19-11-13-12-23-10-4-3-5-16(23)21-13/h3-5,8-10,12,14,18-19H,2,6-7,11H2,1H3,(H,22,25). The second-order valence-electron chi connectivity index (χ2n) is 6.34. The highest BCUT2D eigenvalue weighted by Gasteiger charge is 2.31. The lowest BCUT2D eigenvalue weighted by Gasteiger charge is -2.33. The fourth-order valence-corrected chi connectivity index (χ4v) is 3.48. The molecule has 1 aliphatic heterocycles. The molecule has 130 valence electrons. The van der Waals surface area contributed by atoms with E-state index in [1.54, 1.807) is 6.20 Å². The maximum absolute atomic E-state index is 11.9. The van der Waals surface area contributed by atoms with Crippen LogP contribution in [0.25, 0.3) is 5.65 Å². The van der Waals surface area contributed by atoms with E-state index in [1.807, 2.05) is 45.7 Å². The number of hydrogen-bond donors (Lipinski definition) is 2. The van der Waals surface area contributed by atoms with Gasteiger partial charge in [-0.25, -0.2) is 4.98 Å². The van der Waals surface area contributed by atoms with Crippen LogP contribution in [0.15, 0.2) is 42.9 Å². The second-order valence-corrected chi connectivity index (χ2v) is 6.34. The Balaban J connectivity index is 1.51. The molecule has 0 aromatic carbocycles. The Morgan fingerprint density at radius 3 is 3.12 bits per heavy atom. The van der Waals surface area contributed by atoms with Crippen LogP contribution in [0.1, 0.15) is 37.2 Å². The number of aryl methyl sites for hydroxylation is 1. The van der Waals surface area contributed by atoms with E-state index in [0.717, 1.165) is 30.0 Å². The van der Waals surface area contributed by atoms with Crippen molar-refractivity contribution in [1.82, 2.24) is 29.8 Å². The molecular formula is C18H22N6O. The molecule has 0 aliphatic carbocycles. The number of imidazole rings is 1. The van der Waals surface area contributed by atoms with Crippen molar-refractivity contribution in [1.29, 1.82) is 0 Å². The number of rotatable bonds is 5. The van der Waals surface area contributed by atoms with Gasteiger partial charge in [0.05, 0.1) is 17.4 Å². The van der Waals surface area contributed by atoms with E-state index in [9.17, 15) is 4.79 Å². The van der Waals surface area contributed by atoms with E-state index >= 15 is 0 Å². The zero-order valence-corrected chi connectivity index (χ0v) is 14.2. The number of pyridine rings is 1. The topological polar surface area (TPSA) is 76.2 Å². The summed E-state index contributed by atoms with van der Waals surface area (Å²) in [5, 5.41) is 11.0.